The number of non-ortho nitro benzene ring substituents is 1. The van der Waals surface area contributed by atoms with Crippen LogP contribution in [-0.2, 0) is 11.0 Å². The van der Waals surface area contributed by atoms with E-state index in [0.717, 1.165) is 0 Å². The maximum Gasteiger partial charge on any atom is 0.416 e. The molecule has 0 aliphatic carbocycles. The summed E-state index contributed by atoms with van der Waals surface area (Å²) in [5, 5.41) is 21.4. The Kier molecular flexibility index (Phi) is 4.42. The number of aliphatic carboxylic acids is 1. The maximum atomic E-state index is 12.8. The Morgan fingerprint density at radius 2 is 2.04 bits per heavy atom. The molecule has 12 heteroatoms. The van der Waals surface area contributed by atoms with Crippen LogP contribution in [0.5, 0.6) is 0 Å². The van der Waals surface area contributed by atoms with Gasteiger partial charge in [0.25, 0.3) is 11.6 Å². The average Bonchev–Trinajstić information content (AvgIpc) is 2.88. The summed E-state index contributed by atoms with van der Waals surface area (Å²) < 4.78 is 38.2. The Labute approximate surface area is 135 Å². The predicted molar refractivity (Wildman–Crippen MR) is 75.8 cm³/mol. The quantitative estimate of drug-likeness (QED) is 0.635. The molecule has 0 aliphatic rings. The first kappa shape index (κ1) is 17.6. The second-order valence-corrected chi connectivity index (χ2v) is 5.65. The minimum Gasteiger partial charge on any atom is -0.480 e. The van der Waals surface area contributed by atoms with Crippen LogP contribution in [-0.4, -0.2) is 32.9 Å². The van der Waals surface area contributed by atoms with Gasteiger partial charge in [-0.15, -0.1) is 11.3 Å². The maximum absolute atomic E-state index is 12.8. The summed E-state index contributed by atoms with van der Waals surface area (Å²) in [6.07, 6.45) is -4.82. The topological polar surface area (TPSA) is 122 Å². The van der Waals surface area contributed by atoms with Gasteiger partial charge >= 0.3 is 12.1 Å². The van der Waals surface area contributed by atoms with E-state index in [2.05, 4.69) is 10.3 Å². The molecule has 1 amide bonds. The Morgan fingerprint density at radius 1 is 1.42 bits per heavy atom. The monoisotopic (exact) mass is 363 g/mol. The number of carbonyl (C=O) groups is 2. The molecule has 2 N–H and O–H groups in total. The van der Waals surface area contributed by atoms with E-state index in [1.165, 1.54) is 6.92 Å². The lowest BCUT2D eigenvalue weighted by molar-refractivity contribution is -0.383. The number of nitrogens with zero attached hydrogens (tertiary/aromatic N) is 2. The second-order valence-electron chi connectivity index (χ2n) is 4.65. The van der Waals surface area contributed by atoms with Gasteiger partial charge in [-0.05, 0) is 13.0 Å². The molecule has 1 aromatic heterocycles. The standard InChI is InChI=1S/C12H8F3N3O5S/c1-4(11(20)21)16-9(19)10-17-6-2-5(12(13,14)15)3-7(18(22)23)8(6)24-10/h2-4H,1H3,(H,16,19)(H,20,21)/t4-/m0/s1. The smallest absolute Gasteiger partial charge is 0.416 e. The number of hydrogen-bond donors (Lipinski definition) is 2. The molecule has 0 fully saturated rings. The van der Waals surface area contributed by atoms with E-state index < -0.39 is 40.3 Å². The van der Waals surface area contributed by atoms with Crippen LogP contribution in [0, 0.1) is 10.1 Å². The van der Waals surface area contributed by atoms with Crippen LogP contribution in [0.3, 0.4) is 0 Å². The van der Waals surface area contributed by atoms with Crippen molar-refractivity contribution >= 4 is 39.1 Å². The van der Waals surface area contributed by atoms with E-state index in [1.54, 1.807) is 0 Å². The number of carbonyl (C=O) groups excluding carboxylic acids is 1. The van der Waals surface area contributed by atoms with E-state index in [0.29, 0.717) is 23.5 Å². The summed E-state index contributed by atoms with van der Waals surface area (Å²) in [6.45, 7) is 1.18. The van der Waals surface area contributed by atoms with E-state index in [9.17, 15) is 32.9 Å². The zero-order valence-corrected chi connectivity index (χ0v) is 12.6. The third-order valence-electron chi connectivity index (χ3n) is 2.91. The summed E-state index contributed by atoms with van der Waals surface area (Å²) in [6, 6.07) is -0.302. The first-order chi connectivity index (χ1) is 11.0. The van der Waals surface area contributed by atoms with E-state index in [1.807, 2.05) is 0 Å². The summed E-state index contributed by atoms with van der Waals surface area (Å²) in [5.41, 5.74) is -2.46. The molecular weight excluding hydrogens is 355 g/mol. The fourth-order valence-electron chi connectivity index (χ4n) is 1.73. The molecule has 0 bridgehead atoms. The van der Waals surface area contributed by atoms with Crippen molar-refractivity contribution in [2.75, 3.05) is 0 Å². The van der Waals surface area contributed by atoms with Gasteiger partial charge in [-0.3, -0.25) is 19.7 Å². The Hall–Kier alpha value is -2.76. The third-order valence-corrected chi connectivity index (χ3v) is 4.00. The van der Waals surface area contributed by atoms with Gasteiger partial charge in [-0.1, -0.05) is 0 Å². The van der Waals surface area contributed by atoms with Gasteiger partial charge < -0.3 is 10.4 Å². The Morgan fingerprint density at radius 3 is 2.54 bits per heavy atom. The highest BCUT2D eigenvalue weighted by Crippen LogP contribution is 2.38. The molecule has 2 aromatic rings. The highest BCUT2D eigenvalue weighted by Gasteiger charge is 2.34. The van der Waals surface area contributed by atoms with Crippen LogP contribution in [0.4, 0.5) is 18.9 Å². The highest BCUT2D eigenvalue weighted by molar-refractivity contribution is 7.20. The van der Waals surface area contributed by atoms with Gasteiger partial charge in [0, 0.05) is 6.07 Å². The number of rotatable bonds is 4. The average molecular weight is 363 g/mol. The number of halogens is 3. The molecule has 1 atom stereocenters. The van der Waals surface area contributed by atoms with Crippen LogP contribution in [0.1, 0.15) is 22.3 Å². The Bertz CT molecular complexity index is 848. The van der Waals surface area contributed by atoms with Crippen molar-refractivity contribution < 1.29 is 32.8 Å². The van der Waals surface area contributed by atoms with Gasteiger partial charge in [0.05, 0.1) is 16.0 Å². The minimum atomic E-state index is -4.82. The summed E-state index contributed by atoms with van der Waals surface area (Å²) >= 11 is 0.508. The molecule has 24 heavy (non-hydrogen) atoms. The number of nitro groups is 1. The van der Waals surface area contributed by atoms with Gasteiger partial charge in [-0.2, -0.15) is 13.2 Å². The van der Waals surface area contributed by atoms with E-state index >= 15 is 0 Å². The normalized spacial score (nSPS) is 12.8. The molecule has 0 aliphatic heterocycles. The number of fused-ring (bicyclic) bond motifs is 1. The highest BCUT2D eigenvalue weighted by atomic mass is 32.1. The first-order valence-electron chi connectivity index (χ1n) is 6.20. The van der Waals surface area contributed by atoms with Gasteiger partial charge in [0.15, 0.2) is 5.01 Å². The van der Waals surface area contributed by atoms with Crippen molar-refractivity contribution in [1.82, 2.24) is 10.3 Å². The van der Waals surface area contributed by atoms with Crippen molar-refractivity contribution in [3.63, 3.8) is 0 Å². The molecule has 1 aromatic carbocycles. The van der Waals surface area contributed by atoms with Crippen LogP contribution in [0.15, 0.2) is 12.1 Å². The number of carboxylic acids is 1. The minimum absolute atomic E-state index is 0.207. The second kappa shape index (κ2) is 6.03. The van der Waals surface area contributed by atoms with Crippen LogP contribution < -0.4 is 5.32 Å². The molecule has 8 nitrogen and oxygen atoms in total. The molecule has 0 spiro atoms. The first-order valence-corrected chi connectivity index (χ1v) is 7.02. The summed E-state index contributed by atoms with van der Waals surface area (Å²) in [7, 11) is 0. The molecule has 1 heterocycles. The molecule has 2 rings (SSSR count). The lowest BCUT2D eigenvalue weighted by atomic mass is 10.2. The Balaban J connectivity index is 2.53. The zero-order chi connectivity index (χ0) is 18.2. The molecule has 128 valence electrons. The molecule has 0 saturated carbocycles. The fourth-order valence-corrected chi connectivity index (χ4v) is 2.67. The number of carboxylic acid groups (broad SMARTS) is 1. The van der Waals surface area contributed by atoms with E-state index in [-0.39, 0.29) is 15.2 Å². The lowest BCUT2D eigenvalue weighted by Gasteiger charge is -2.06. The zero-order valence-electron chi connectivity index (χ0n) is 11.7. The summed E-state index contributed by atoms with van der Waals surface area (Å²) in [5.74, 6) is -2.27. The largest absolute Gasteiger partial charge is 0.480 e. The van der Waals surface area contributed by atoms with Crippen LogP contribution >= 0.6 is 11.3 Å². The number of hydrogen-bond acceptors (Lipinski definition) is 6. The number of aromatic nitrogens is 1. The van der Waals surface area contributed by atoms with Gasteiger partial charge in [0.2, 0.25) is 0 Å². The number of thiazole rings is 1. The lowest BCUT2D eigenvalue weighted by Crippen LogP contribution is -2.38. The molecule has 0 radical (unpaired) electrons. The SMILES string of the molecule is C[C@H](NC(=O)c1nc2cc(C(F)(F)F)cc([N+](=O)[O-])c2s1)C(=O)O. The van der Waals surface area contributed by atoms with Crippen molar-refractivity contribution in [3.8, 4) is 0 Å². The van der Waals surface area contributed by atoms with Crippen LogP contribution in [0.25, 0.3) is 10.2 Å². The fraction of sp³-hybridized carbons (Fsp3) is 0.250. The predicted octanol–water partition coefficient (Wildman–Crippen LogP) is 2.43. The van der Waals surface area contributed by atoms with Crippen LogP contribution in [0.2, 0.25) is 0 Å². The third kappa shape index (κ3) is 3.42. The molecular formula is C12H8F3N3O5S. The molecule has 0 saturated heterocycles. The van der Waals surface area contributed by atoms with Crippen molar-refractivity contribution in [2.45, 2.75) is 19.1 Å². The number of alkyl halides is 3. The van der Waals surface area contributed by atoms with Crippen molar-refractivity contribution in [2.24, 2.45) is 0 Å². The number of nitrogens with one attached hydrogen (secondary N) is 1. The molecule has 0 unspecified atom stereocenters. The van der Waals surface area contributed by atoms with Gasteiger partial charge in [0.1, 0.15) is 10.7 Å². The van der Waals surface area contributed by atoms with E-state index in [4.69, 9.17) is 5.11 Å². The number of amides is 1. The van der Waals surface area contributed by atoms with Crippen molar-refractivity contribution in [1.29, 1.82) is 0 Å². The number of nitro benzene ring substituents is 1. The summed E-state index contributed by atoms with van der Waals surface area (Å²) in [4.78, 5) is 36.2. The number of benzene rings is 1. The van der Waals surface area contributed by atoms with Crippen molar-refractivity contribution in [3.05, 3.63) is 32.8 Å². The van der Waals surface area contributed by atoms with Gasteiger partial charge in [-0.25, -0.2) is 4.98 Å².